The lowest BCUT2D eigenvalue weighted by atomic mass is 9.99. The minimum Gasteiger partial charge on any atom is -0.381 e. The van der Waals surface area contributed by atoms with Crippen molar-refractivity contribution < 1.29 is 18.3 Å². The normalized spacial score (nSPS) is 16.3. The molecule has 1 saturated heterocycles. The first kappa shape index (κ1) is 21.7. The number of aliphatic hydroxyl groups excluding tert-OH is 1. The van der Waals surface area contributed by atoms with E-state index in [-0.39, 0.29) is 0 Å². The molecule has 2 N–H and O–H groups in total. The lowest BCUT2D eigenvalue weighted by molar-refractivity contribution is 0.0688. The van der Waals surface area contributed by atoms with Crippen LogP contribution in [0.5, 0.6) is 0 Å². The van der Waals surface area contributed by atoms with E-state index in [9.17, 15) is 13.5 Å². The molecule has 2 aromatic rings. The van der Waals surface area contributed by atoms with Crippen LogP contribution in [0.2, 0.25) is 0 Å². The standard InChI is InChI=1S/C19H24N4O4S2/c1-13-17(18(24)22-29(2,25)26)21-19(28-13)23(12-15-7-9-27-10-8-15)16-5-3-14(11-20)4-6-16/h3-6,15,18,22,24H,7-10,12H2,1-2H3. The Morgan fingerprint density at radius 3 is 2.62 bits per heavy atom. The second-order valence-corrected chi connectivity index (χ2v) is 10.0. The van der Waals surface area contributed by atoms with Gasteiger partial charge in [-0.2, -0.15) is 9.98 Å². The zero-order chi connectivity index (χ0) is 21.0. The molecule has 0 aliphatic carbocycles. The molecule has 3 rings (SSSR count). The van der Waals surface area contributed by atoms with Gasteiger partial charge in [0.25, 0.3) is 0 Å². The van der Waals surface area contributed by atoms with Gasteiger partial charge in [-0.1, -0.05) is 0 Å². The van der Waals surface area contributed by atoms with Crippen molar-refractivity contribution in [2.24, 2.45) is 5.92 Å². The molecule has 0 saturated carbocycles. The molecule has 8 nitrogen and oxygen atoms in total. The first-order valence-electron chi connectivity index (χ1n) is 9.25. The van der Waals surface area contributed by atoms with Gasteiger partial charge in [0.1, 0.15) is 5.69 Å². The number of anilines is 2. The molecule has 0 amide bonds. The maximum Gasteiger partial charge on any atom is 0.211 e. The average Bonchev–Trinajstić information content (AvgIpc) is 3.07. The molecule has 0 bridgehead atoms. The molecule has 1 aromatic carbocycles. The van der Waals surface area contributed by atoms with Crippen molar-refractivity contribution in [1.82, 2.24) is 9.71 Å². The van der Waals surface area contributed by atoms with Crippen molar-refractivity contribution in [2.45, 2.75) is 26.0 Å². The summed E-state index contributed by atoms with van der Waals surface area (Å²) in [6, 6.07) is 9.38. The number of nitriles is 1. The highest BCUT2D eigenvalue weighted by atomic mass is 32.2. The summed E-state index contributed by atoms with van der Waals surface area (Å²) in [6.45, 7) is 3.97. The second-order valence-electron chi connectivity index (χ2n) is 7.06. The molecule has 2 heterocycles. The summed E-state index contributed by atoms with van der Waals surface area (Å²) in [5, 5.41) is 20.0. The minimum absolute atomic E-state index is 0.293. The Labute approximate surface area is 174 Å². The number of nitrogens with zero attached hydrogens (tertiary/aromatic N) is 3. The van der Waals surface area contributed by atoms with Gasteiger partial charge in [0, 0.05) is 30.3 Å². The van der Waals surface area contributed by atoms with E-state index >= 15 is 0 Å². The number of aromatic nitrogens is 1. The van der Waals surface area contributed by atoms with Crippen molar-refractivity contribution in [3.05, 3.63) is 40.4 Å². The van der Waals surface area contributed by atoms with E-state index in [4.69, 9.17) is 10.00 Å². The van der Waals surface area contributed by atoms with Crippen LogP contribution < -0.4 is 9.62 Å². The summed E-state index contributed by atoms with van der Waals surface area (Å²) in [5.41, 5.74) is 1.76. The van der Waals surface area contributed by atoms with Crippen LogP contribution in [-0.2, 0) is 14.8 Å². The number of rotatable bonds is 7. The fraction of sp³-hybridized carbons (Fsp3) is 0.474. The number of aryl methyl sites for hydroxylation is 1. The van der Waals surface area contributed by atoms with E-state index in [1.54, 1.807) is 19.1 Å². The SMILES string of the molecule is Cc1sc(N(CC2CCOCC2)c2ccc(C#N)cc2)nc1C(O)NS(C)(=O)=O. The van der Waals surface area contributed by atoms with E-state index < -0.39 is 16.3 Å². The van der Waals surface area contributed by atoms with Crippen LogP contribution in [0.25, 0.3) is 0 Å². The largest absolute Gasteiger partial charge is 0.381 e. The molecule has 10 heteroatoms. The molecule has 1 atom stereocenters. The molecule has 1 fully saturated rings. The lowest BCUT2D eigenvalue weighted by Gasteiger charge is -2.29. The Morgan fingerprint density at radius 2 is 2.03 bits per heavy atom. The van der Waals surface area contributed by atoms with Crippen molar-refractivity contribution in [2.75, 3.05) is 30.9 Å². The highest BCUT2D eigenvalue weighted by Gasteiger charge is 2.25. The smallest absolute Gasteiger partial charge is 0.211 e. The highest BCUT2D eigenvalue weighted by Crippen LogP contribution is 2.35. The van der Waals surface area contributed by atoms with Gasteiger partial charge in [0.15, 0.2) is 11.4 Å². The number of benzene rings is 1. The topological polar surface area (TPSA) is 116 Å². The van der Waals surface area contributed by atoms with Gasteiger partial charge < -0.3 is 14.7 Å². The summed E-state index contributed by atoms with van der Waals surface area (Å²) in [5.74, 6) is 0.422. The molecule has 0 radical (unpaired) electrons. The number of ether oxygens (including phenoxy) is 1. The van der Waals surface area contributed by atoms with E-state index in [0.717, 1.165) is 49.4 Å². The average molecular weight is 437 g/mol. The van der Waals surface area contributed by atoms with Crippen molar-refractivity contribution in [3.8, 4) is 6.07 Å². The number of hydrogen-bond donors (Lipinski definition) is 2. The van der Waals surface area contributed by atoms with E-state index in [0.29, 0.717) is 22.3 Å². The molecule has 1 aliphatic rings. The Morgan fingerprint density at radius 1 is 1.38 bits per heavy atom. The Balaban J connectivity index is 1.92. The number of aliphatic hydroxyl groups is 1. The first-order chi connectivity index (χ1) is 13.8. The number of sulfonamides is 1. The number of thiazole rings is 1. The van der Waals surface area contributed by atoms with Gasteiger partial charge in [0.2, 0.25) is 10.0 Å². The molecule has 0 spiro atoms. The Hall–Kier alpha value is -2.03. The van der Waals surface area contributed by atoms with Gasteiger partial charge in [-0.05, 0) is 49.9 Å². The summed E-state index contributed by atoms with van der Waals surface area (Å²) < 4.78 is 30.6. The van der Waals surface area contributed by atoms with Crippen molar-refractivity contribution >= 4 is 32.2 Å². The van der Waals surface area contributed by atoms with E-state index in [1.165, 1.54) is 11.3 Å². The third-order valence-electron chi connectivity index (χ3n) is 4.73. The number of nitrogens with one attached hydrogen (secondary N) is 1. The van der Waals surface area contributed by atoms with Gasteiger partial charge in [-0.25, -0.2) is 13.4 Å². The van der Waals surface area contributed by atoms with Gasteiger partial charge in [0.05, 0.1) is 17.9 Å². The number of hydrogen-bond acceptors (Lipinski definition) is 8. The Kier molecular flexibility index (Phi) is 6.87. The quantitative estimate of drug-likeness (QED) is 0.641. The highest BCUT2D eigenvalue weighted by molar-refractivity contribution is 7.88. The van der Waals surface area contributed by atoms with Gasteiger partial charge in [-0.3, -0.25) is 0 Å². The zero-order valence-corrected chi connectivity index (χ0v) is 18.0. The fourth-order valence-electron chi connectivity index (χ4n) is 3.22. The Bertz CT molecular complexity index is 977. The molecule has 29 heavy (non-hydrogen) atoms. The maximum absolute atomic E-state index is 11.5. The third kappa shape index (κ3) is 5.74. The van der Waals surface area contributed by atoms with E-state index in [2.05, 4.69) is 20.7 Å². The van der Waals surface area contributed by atoms with Crippen LogP contribution in [0.4, 0.5) is 10.8 Å². The van der Waals surface area contributed by atoms with Gasteiger partial charge >= 0.3 is 0 Å². The molecule has 1 aliphatic heterocycles. The van der Waals surface area contributed by atoms with Crippen LogP contribution in [0.1, 0.15) is 35.2 Å². The summed E-state index contributed by atoms with van der Waals surface area (Å²) in [7, 11) is -3.58. The van der Waals surface area contributed by atoms with Crippen LogP contribution >= 0.6 is 11.3 Å². The monoisotopic (exact) mass is 436 g/mol. The first-order valence-corrected chi connectivity index (χ1v) is 12.0. The lowest BCUT2D eigenvalue weighted by Crippen LogP contribution is -2.30. The maximum atomic E-state index is 11.5. The molecule has 1 aromatic heterocycles. The fourth-order valence-corrected chi connectivity index (χ4v) is 4.71. The van der Waals surface area contributed by atoms with Crippen molar-refractivity contribution in [3.63, 3.8) is 0 Å². The van der Waals surface area contributed by atoms with Crippen molar-refractivity contribution in [1.29, 1.82) is 5.26 Å². The molecule has 156 valence electrons. The summed E-state index contributed by atoms with van der Waals surface area (Å²) in [6.07, 6.45) is 1.48. The molecule has 1 unspecified atom stereocenters. The molecular weight excluding hydrogens is 412 g/mol. The summed E-state index contributed by atoms with van der Waals surface area (Å²) in [4.78, 5) is 7.34. The predicted octanol–water partition coefficient (Wildman–Crippen LogP) is 2.43. The van der Waals surface area contributed by atoms with Gasteiger partial charge in [-0.15, -0.1) is 11.3 Å². The second kappa shape index (κ2) is 9.19. The zero-order valence-electron chi connectivity index (χ0n) is 16.3. The summed E-state index contributed by atoms with van der Waals surface area (Å²) >= 11 is 1.39. The van der Waals surface area contributed by atoms with E-state index in [1.807, 2.05) is 12.1 Å². The van der Waals surface area contributed by atoms with Crippen LogP contribution in [0.3, 0.4) is 0 Å². The van der Waals surface area contributed by atoms with Crippen LogP contribution in [0, 0.1) is 24.2 Å². The van der Waals surface area contributed by atoms with Crippen LogP contribution in [-0.4, -0.2) is 44.5 Å². The third-order valence-corrected chi connectivity index (χ3v) is 6.39. The molecular formula is C19H24N4O4S2. The minimum atomic E-state index is -3.58. The van der Waals surface area contributed by atoms with Crippen LogP contribution in [0.15, 0.2) is 24.3 Å². The predicted molar refractivity (Wildman–Crippen MR) is 111 cm³/mol.